The van der Waals surface area contributed by atoms with Crippen molar-refractivity contribution < 1.29 is 80.2 Å². The van der Waals surface area contributed by atoms with Gasteiger partial charge in [0, 0.05) is 25.7 Å². The number of esters is 4. The van der Waals surface area contributed by atoms with Crippen LogP contribution in [0.2, 0.25) is 0 Å². The van der Waals surface area contributed by atoms with Crippen molar-refractivity contribution in [3.63, 3.8) is 0 Å². The summed E-state index contributed by atoms with van der Waals surface area (Å²) in [6.07, 6.45) is 56.9. The van der Waals surface area contributed by atoms with Gasteiger partial charge in [0.15, 0.2) is 12.2 Å². The van der Waals surface area contributed by atoms with Crippen LogP contribution in [0, 0.1) is 11.8 Å². The summed E-state index contributed by atoms with van der Waals surface area (Å²) in [6.45, 7) is 9.58. The number of unbranched alkanes of at least 4 members (excludes halogenated alkanes) is 46. The Hall–Kier alpha value is -1.94. The molecule has 0 saturated carbocycles. The third-order valence-electron chi connectivity index (χ3n) is 18.0. The molecular formula is C77H150O17P2. The number of hydrogen-bond donors (Lipinski definition) is 3. The fourth-order valence-corrected chi connectivity index (χ4v) is 13.4. The molecule has 0 aromatic rings. The summed E-state index contributed by atoms with van der Waals surface area (Å²) < 4.78 is 68.6. The molecule has 19 heteroatoms. The predicted octanol–water partition coefficient (Wildman–Crippen LogP) is 22.7. The zero-order valence-corrected chi connectivity index (χ0v) is 64.5. The summed E-state index contributed by atoms with van der Waals surface area (Å²) in [4.78, 5) is 72.9. The SMILES string of the molecule is CCCCCCCCCCCCCCCCCCCCCC(=O)O[C@H](COC(=O)CCCCCCCCCCCCC(C)C)COP(=O)(O)OC[C@@H](O)COP(=O)(O)OC[C@@H](COC(=O)CCCCCCCCCCCCCC)OC(=O)CCCCCCCCCCCC(C)C. The minimum absolute atomic E-state index is 0.106. The molecule has 0 aromatic carbocycles. The summed E-state index contributed by atoms with van der Waals surface area (Å²) >= 11 is 0. The van der Waals surface area contributed by atoms with Crippen molar-refractivity contribution in [2.24, 2.45) is 11.8 Å². The van der Waals surface area contributed by atoms with Crippen LogP contribution in [0.3, 0.4) is 0 Å². The average Bonchev–Trinajstić information content (AvgIpc) is 1.65. The summed E-state index contributed by atoms with van der Waals surface area (Å²) in [7, 11) is -9.91. The molecule has 0 fully saturated rings. The van der Waals surface area contributed by atoms with Crippen molar-refractivity contribution in [2.75, 3.05) is 39.6 Å². The van der Waals surface area contributed by atoms with E-state index in [1.807, 2.05) is 0 Å². The Bertz CT molecular complexity index is 1860. The van der Waals surface area contributed by atoms with Gasteiger partial charge in [-0.05, 0) is 37.5 Å². The number of rotatable bonds is 76. The molecule has 0 bridgehead atoms. The van der Waals surface area contributed by atoms with Gasteiger partial charge in [-0.1, -0.05) is 350 Å². The van der Waals surface area contributed by atoms with Crippen LogP contribution < -0.4 is 0 Å². The number of phosphoric acid groups is 2. The maximum absolute atomic E-state index is 13.1. The van der Waals surface area contributed by atoms with Gasteiger partial charge in [-0.15, -0.1) is 0 Å². The van der Waals surface area contributed by atoms with Crippen LogP contribution in [0.15, 0.2) is 0 Å². The molecule has 3 N–H and O–H groups in total. The highest BCUT2D eigenvalue weighted by Gasteiger charge is 2.30. The Balaban J connectivity index is 5.24. The number of aliphatic hydroxyl groups excluding tert-OH is 1. The lowest BCUT2D eigenvalue weighted by molar-refractivity contribution is -0.161. The monoisotopic (exact) mass is 1410 g/mol. The molecule has 0 aliphatic rings. The minimum Gasteiger partial charge on any atom is -0.462 e. The van der Waals surface area contributed by atoms with E-state index >= 15 is 0 Å². The largest absolute Gasteiger partial charge is 0.472 e. The summed E-state index contributed by atoms with van der Waals surface area (Å²) in [5.41, 5.74) is 0. The zero-order chi connectivity index (χ0) is 70.7. The predicted molar refractivity (Wildman–Crippen MR) is 391 cm³/mol. The second-order valence-electron chi connectivity index (χ2n) is 28.7. The molecule has 570 valence electrons. The molecule has 0 aromatic heterocycles. The van der Waals surface area contributed by atoms with E-state index in [4.69, 9.17) is 37.0 Å². The van der Waals surface area contributed by atoms with E-state index in [-0.39, 0.29) is 25.7 Å². The lowest BCUT2D eigenvalue weighted by Gasteiger charge is -2.21. The first-order chi connectivity index (χ1) is 46.4. The first kappa shape index (κ1) is 94.1. The van der Waals surface area contributed by atoms with E-state index < -0.39 is 97.5 Å². The lowest BCUT2D eigenvalue weighted by atomic mass is 10.0. The topological polar surface area (TPSA) is 237 Å². The van der Waals surface area contributed by atoms with Gasteiger partial charge in [-0.25, -0.2) is 9.13 Å². The third kappa shape index (κ3) is 70.5. The van der Waals surface area contributed by atoms with E-state index in [2.05, 4.69) is 41.5 Å². The van der Waals surface area contributed by atoms with Crippen molar-refractivity contribution in [1.82, 2.24) is 0 Å². The summed E-state index contributed by atoms with van der Waals surface area (Å²) in [5.74, 6) is -0.619. The fraction of sp³-hybridized carbons (Fsp3) is 0.948. The number of carbonyl (C=O) groups is 4. The molecule has 17 nitrogen and oxygen atoms in total. The highest BCUT2D eigenvalue weighted by molar-refractivity contribution is 7.47. The second-order valence-corrected chi connectivity index (χ2v) is 31.6. The highest BCUT2D eigenvalue weighted by atomic mass is 31.2. The van der Waals surface area contributed by atoms with Crippen LogP contribution in [-0.2, 0) is 65.4 Å². The quantitative estimate of drug-likeness (QED) is 0.0222. The molecule has 0 radical (unpaired) electrons. The van der Waals surface area contributed by atoms with Crippen LogP contribution in [0.25, 0.3) is 0 Å². The highest BCUT2D eigenvalue weighted by Crippen LogP contribution is 2.45. The molecule has 2 unspecified atom stereocenters. The Labute approximate surface area is 588 Å². The number of ether oxygens (including phenoxy) is 4. The average molecular weight is 1410 g/mol. The van der Waals surface area contributed by atoms with E-state index in [0.29, 0.717) is 25.7 Å². The first-order valence-electron chi connectivity index (χ1n) is 40.0. The van der Waals surface area contributed by atoms with Gasteiger partial charge in [0.05, 0.1) is 26.4 Å². The minimum atomic E-state index is -4.96. The maximum Gasteiger partial charge on any atom is 0.472 e. The number of phosphoric ester groups is 2. The Morgan fingerprint density at radius 2 is 0.479 bits per heavy atom. The van der Waals surface area contributed by atoms with E-state index in [1.54, 1.807) is 0 Å². The van der Waals surface area contributed by atoms with Crippen molar-refractivity contribution >= 4 is 39.5 Å². The first-order valence-corrected chi connectivity index (χ1v) is 43.0. The van der Waals surface area contributed by atoms with E-state index in [1.165, 1.54) is 218 Å². The van der Waals surface area contributed by atoms with Gasteiger partial charge in [-0.3, -0.25) is 37.3 Å². The molecule has 0 aliphatic carbocycles. The summed E-state index contributed by atoms with van der Waals surface area (Å²) in [5, 5.41) is 10.6. The normalized spacial score (nSPS) is 14.0. The molecule has 0 saturated heterocycles. The number of hydrogen-bond acceptors (Lipinski definition) is 15. The molecular weight excluding hydrogens is 1260 g/mol. The zero-order valence-electron chi connectivity index (χ0n) is 62.7. The van der Waals surface area contributed by atoms with Gasteiger partial charge >= 0.3 is 39.5 Å². The fourth-order valence-electron chi connectivity index (χ4n) is 11.8. The molecule has 96 heavy (non-hydrogen) atoms. The van der Waals surface area contributed by atoms with Gasteiger partial charge < -0.3 is 33.8 Å². The maximum atomic E-state index is 13.1. The van der Waals surface area contributed by atoms with E-state index in [9.17, 15) is 43.2 Å². The number of carbonyl (C=O) groups excluding carboxylic acids is 4. The van der Waals surface area contributed by atoms with Gasteiger partial charge in [0.2, 0.25) is 0 Å². The number of aliphatic hydroxyl groups is 1. The second kappa shape index (κ2) is 68.8. The molecule has 0 rings (SSSR count). The van der Waals surface area contributed by atoms with Crippen LogP contribution in [0.5, 0.6) is 0 Å². The molecule has 0 aliphatic heterocycles. The van der Waals surface area contributed by atoms with Crippen LogP contribution >= 0.6 is 15.6 Å². The van der Waals surface area contributed by atoms with Crippen LogP contribution in [0.4, 0.5) is 0 Å². The Morgan fingerprint density at radius 1 is 0.281 bits per heavy atom. The van der Waals surface area contributed by atoms with Gasteiger partial charge in [-0.2, -0.15) is 0 Å². The Kier molecular flexibility index (Phi) is 67.4. The van der Waals surface area contributed by atoms with Gasteiger partial charge in [0.1, 0.15) is 19.3 Å². The van der Waals surface area contributed by atoms with Crippen molar-refractivity contribution in [2.45, 2.75) is 419 Å². The van der Waals surface area contributed by atoms with Crippen molar-refractivity contribution in [1.29, 1.82) is 0 Å². The molecule has 0 spiro atoms. The van der Waals surface area contributed by atoms with Gasteiger partial charge in [0.25, 0.3) is 0 Å². The Morgan fingerprint density at radius 3 is 0.708 bits per heavy atom. The van der Waals surface area contributed by atoms with Crippen molar-refractivity contribution in [3.8, 4) is 0 Å². The smallest absolute Gasteiger partial charge is 0.462 e. The van der Waals surface area contributed by atoms with Crippen LogP contribution in [0.1, 0.15) is 401 Å². The third-order valence-corrected chi connectivity index (χ3v) is 19.9. The molecule has 0 heterocycles. The van der Waals surface area contributed by atoms with Crippen LogP contribution in [-0.4, -0.2) is 96.7 Å². The van der Waals surface area contributed by atoms with Crippen molar-refractivity contribution in [3.05, 3.63) is 0 Å². The van der Waals surface area contributed by atoms with E-state index in [0.717, 1.165) is 102 Å². The lowest BCUT2D eigenvalue weighted by Crippen LogP contribution is -2.30. The molecule has 0 amide bonds. The summed E-state index contributed by atoms with van der Waals surface area (Å²) in [6, 6.07) is 0. The molecule has 5 atom stereocenters. The standard InChI is InChI=1S/C77H150O17P2/c1-7-9-11-13-15-17-19-21-22-23-24-25-26-27-29-37-43-49-55-61-76(81)93-72(65-88-75(80)60-54-48-42-36-31-30-33-39-45-51-57-69(3)4)67-91-95(83,84)89-63-71(78)64-90-96(85,86)92-68-73(94-77(82)62-56-50-44-38-32-34-40-46-52-58-70(5)6)66-87-74(79)59-53-47-41-35-28-20-18-16-14-12-10-8-2/h69-73,78H,7-68H2,1-6H3,(H,83,84)(H,85,86)/t71-,72-,73-/m1/s1.